The quantitative estimate of drug-likeness (QED) is 0.572. The van der Waals surface area contributed by atoms with Crippen LogP contribution >= 0.6 is 0 Å². The molecule has 150 valence electrons. The summed E-state index contributed by atoms with van der Waals surface area (Å²) in [5, 5.41) is 12.7. The molecule has 27 heavy (non-hydrogen) atoms. The van der Waals surface area contributed by atoms with Crippen LogP contribution in [0.2, 0.25) is 0 Å². The molecular formula is C20H32N4O3. The van der Waals surface area contributed by atoms with Crippen molar-refractivity contribution in [1.29, 1.82) is 0 Å². The lowest BCUT2D eigenvalue weighted by molar-refractivity contribution is 0.0932. The van der Waals surface area contributed by atoms with E-state index < -0.39 is 0 Å². The summed E-state index contributed by atoms with van der Waals surface area (Å²) in [6.07, 6.45) is 4.43. The van der Waals surface area contributed by atoms with Gasteiger partial charge in [-0.1, -0.05) is 0 Å². The van der Waals surface area contributed by atoms with Crippen LogP contribution < -0.4 is 21.3 Å². The summed E-state index contributed by atoms with van der Waals surface area (Å²) in [4.78, 5) is 24.5. The molecule has 2 saturated heterocycles. The maximum absolute atomic E-state index is 12.3. The summed E-state index contributed by atoms with van der Waals surface area (Å²) in [6, 6.07) is 6.93. The van der Waals surface area contributed by atoms with Crippen molar-refractivity contribution in [1.82, 2.24) is 21.3 Å². The van der Waals surface area contributed by atoms with Crippen molar-refractivity contribution >= 4 is 11.8 Å². The van der Waals surface area contributed by atoms with E-state index in [9.17, 15) is 9.59 Å². The Kier molecular flexibility index (Phi) is 8.71. The van der Waals surface area contributed by atoms with Gasteiger partial charge in [-0.3, -0.25) is 9.59 Å². The molecular weight excluding hydrogens is 344 g/mol. The highest BCUT2D eigenvalue weighted by molar-refractivity contribution is 5.97. The zero-order chi connectivity index (χ0) is 18.2. The van der Waals surface area contributed by atoms with E-state index in [0.717, 1.165) is 65.0 Å². The lowest BCUT2D eigenvalue weighted by Crippen LogP contribution is -2.36. The second-order valence-electron chi connectivity index (χ2n) is 7.38. The van der Waals surface area contributed by atoms with Crippen LogP contribution in [0.1, 0.15) is 46.4 Å². The molecule has 2 fully saturated rings. The van der Waals surface area contributed by atoms with Crippen molar-refractivity contribution in [3.63, 3.8) is 0 Å². The fourth-order valence-electron chi connectivity index (χ4n) is 3.62. The average molecular weight is 377 g/mol. The first-order valence-electron chi connectivity index (χ1n) is 9.80. The Morgan fingerprint density at radius 2 is 1.07 bits per heavy atom. The average Bonchev–Trinajstić information content (AvgIpc) is 2.72. The van der Waals surface area contributed by atoms with Gasteiger partial charge in [0.05, 0.1) is 0 Å². The van der Waals surface area contributed by atoms with Crippen molar-refractivity contribution in [3.8, 4) is 0 Å². The van der Waals surface area contributed by atoms with E-state index in [1.54, 1.807) is 24.3 Å². The molecule has 0 aromatic heterocycles. The molecule has 3 rings (SSSR count). The van der Waals surface area contributed by atoms with Gasteiger partial charge >= 0.3 is 0 Å². The highest BCUT2D eigenvalue weighted by Gasteiger charge is 2.16. The number of amides is 2. The van der Waals surface area contributed by atoms with Gasteiger partial charge in [-0.2, -0.15) is 0 Å². The fourth-order valence-corrected chi connectivity index (χ4v) is 3.62. The highest BCUT2D eigenvalue weighted by atomic mass is 16.2. The minimum absolute atomic E-state index is 0. The van der Waals surface area contributed by atoms with Gasteiger partial charge in [-0.25, -0.2) is 0 Å². The molecule has 7 nitrogen and oxygen atoms in total. The molecule has 0 bridgehead atoms. The Morgan fingerprint density at radius 1 is 0.741 bits per heavy atom. The highest BCUT2D eigenvalue weighted by Crippen LogP contribution is 2.12. The number of nitrogens with one attached hydrogen (secondary N) is 4. The van der Waals surface area contributed by atoms with E-state index in [1.807, 2.05) is 0 Å². The molecule has 1 aromatic rings. The molecule has 1 aromatic carbocycles. The molecule has 0 atom stereocenters. The third-order valence-electron chi connectivity index (χ3n) is 5.43. The van der Waals surface area contributed by atoms with Crippen LogP contribution in [0.5, 0.6) is 0 Å². The Morgan fingerprint density at radius 3 is 1.41 bits per heavy atom. The molecule has 2 amide bonds. The molecule has 7 heteroatoms. The summed E-state index contributed by atoms with van der Waals surface area (Å²) < 4.78 is 0. The lowest BCUT2D eigenvalue weighted by atomic mass is 9.98. The van der Waals surface area contributed by atoms with Gasteiger partial charge < -0.3 is 26.7 Å². The molecule has 2 heterocycles. The topological polar surface area (TPSA) is 114 Å². The van der Waals surface area contributed by atoms with Gasteiger partial charge in [0.2, 0.25) is 0 Å². The van der Waals surface area contributed by atoms with Gasteiger partial charge in [0.15, 0.2) is 0 Å². The van der Waals surface area contributed by atoms with E-state index in [1.165, 1.54) is 0 Å². The normalized spacial score (nSPS) is 18.4. The fraction of sp³-hybridized carbons (Fsp3) is 0.600. The second kappa shape index (κ2) is 11.0. The lowest BCUT2D eigenvalue weighted by Gasteiger charge is -2.23. The predicted molar refractivity (Wildman–Crippen MR) is 106 cm³/mol. The number of benzene rings is 1. The van der Waals surface area contributed by atoms with Crippen molar-refractivity contribution < 1.29 is 15.1 Å². The Bertz CT molecular complexity index is 541. The number of hydrogen-bond donors (Lipinski definition) is 4. The van der Waals surface area contributed by atoms with E-state index in [2.05, 4.69) is 21.3 Å². The zero-order valence-corrected chi connectivity index (χ0v) is 15.9. The molecule has 0 saturated carbocycles. The third-order valence-corrected chi connectivity index (χ3v) is 5.43. The van der Waals surface area contributed by atoms with E-state index >= 15 is 0 Å². The molecule has 2 aliphatic rings. The molecule has 6 N–H and O–H groups in total. The first kappa shape index (κ1) is 21.3. The summed E-state index contributed by atoms with van der Waals surface area (Å²) in [5.74, 6) is 0.982. The zero-order valence-electron chi connectivity index (χ0n) is 15.9. The smallest absolute Gasteiger partial charge is 0.251 e. The first-order chi connectivity index (χ1) is 12.7. The van der Waals surface area contributed by atoms with Crippen LogP contribution in [0.25, 0.3) is 0 Å². The summed E-state index contributed by atoms with van der Waals surface area (Å²) in [7, 11) is 0. The summed E-state index contributed by atoms with van der Waals surface area (Å²) in [6.45, 7) is 5.56. The van der Waals surface area contributed by atoms with Crippen molar-refractivity contribution in [3.05, 3.63) is 35.4 Å². The van der Waals surface area contributed by atoms with Crippen molar-refractivity contribution in [2.45, 2.75) is 25.7 Å². The number of carbonyl (C=O) groups excluding carboxylic acids is 2. The second-order valence-corrected chi connectivity index (χ2v) is 7.38. The molecule has 2 aliphatic heterocycles. The van der Waals surface area contributed by atoms with E-state index in [4.69, 9.17) is 0 Å². The Hall–Kier alpha value is -1.96. The van der Waals surface area contributed by atoms with Gasteiger partial charge in [-0.05, 0) is 88.0 Å². The first-order valence-corrected chi connectivity index (χ1v) is 9.80. The SMILES string of the molecule is O.O=C(NCC1CCNCC1)c1ccc(C(=O)NCC2CCNCC2)cc1. The maximum Gasteiger partial charge on any atom is 0.251 e. The predicted octanol–water partition coefficient (Wildman–Crippen LogP) is 0.321. The number of piperidine rings is 2. The molecule has 0 aliphatic carbocycles. The third kappa shape index (κ3) is 6.61. The van der Waals surface area contributed by atoms with E-state index in [0.29, 0.717) is 23.0 Å². The van der Waals surface area contributed by atoms with Gasteiger partial charge in [0.1, 0.15) is 0 Å². The van der Waals surface area contributed by atoms with Crippen LogP contribution in [-0.2, 0) is 0 Å². The maximum atomic E-state index is 12.3. The van der Waals surface area contributed by atoms with Crippen LogP contribution in [-0.4, -0.2) is 56.6 Å². The number of carbonyl (C=O) groups is 2. The van der Waals surface area contributed by atoms with Crippen LogP contribution in [0.4, 0.5) is 0 Å². The van der Waals surface area contributed by atoms with Crippen LogP contribution in [0.3, 0.4) is 0 Å². The minimum atomic E-state index is -0.0646. The molecule has 0 spiro atoms. The standard InChI is InChI=1S/C20H30N4O2.H2O/c25-19(23-13-15-5-9-21-10-6-15)17-1-2-18(4-3-17)20(26)24-14-16-7-11-22-12-8-16;/h1-4,15-16,21-22H,5-14H2,(H,23,25)(H,24,26);1H2. The summed E-state index contributed by atoms with van der Waals surface area (Å²) in [5.41, 5.74) is 1.21. The van der Waals surface area contributed by atoms with Gasteiger partial charge in [0, 0.05) is 24.2 Å². The number of rotatable bonds is 6. The van der Waals surface area contributed by atoms with Crippen molar-refractivity contribution in [2.24, 2.45) is 11.8 Å². The van der Waals surface area contributed by atoms with Gasteiger partial charge in [0.25, 0.3) is 11.8 Å². The van der Waals surface area contributed by atoms with Gasteiger partial charge in [-0.15, -0.1) is 0 Å². The Balaban J connectivity index is 0.00000261. The molecule has 0 radical (unpaired) electrons. The Labute approximate surface area is 161 Å². The molecule has 0 unspecified atom stereocenters. The minimum Gasteiger partial charge on any atom is -0.412 e. The summed E-state index contributed by atoms with van der Waals surface area (Å²) >= 11 is 0. The van der Waals surface area contributed by atoms with Crippen molar-refractivity contribution in [2.75, 3.05) is 39.3 Å². The largest absolute Gasteiger partial charge is 0.412 e. The monoisotopic (exact) mass is 376 g/mol. The van der Waals surface area contributed by atoms with E-state index in [-0.39, 0.29) is 17.3 Å². The van der Waals surface area contributed by atoms with Crippen LogP contribution in [0, 0.1) is 11.8 Å². The number of hydrogen-bond acceptors (Lipinski definition) is 4. The van der Waals surface area contributed by atoms with Crippen LogP contribution in [0.15, 0.2) is 24.3 Å².